The van der Waals surface area contributed by atoms with Crippen LogP contribution >= 0.6 is 0 Å². The Morgan fingerprint density at radius 1 is 0.920 bits per heavy atom. The number of hydrogen-bond acceptors (Lipinski definition) is 4. The average molecular weight is 340 g/mol. The monoisotopic (exact) mass is 340 g/mol. The van der Waals surface area contributed by atoms with Crippen LogP contribution in [-0.2, 0) is 9.59 Å². The van der Waals surface area contributed by atoms with Crippen LogP contribution in [0.15, 0.2) is 42.5 Å². The Labute approximate surface area is 146 Å². The van der Waals surface area contributed by atoms with Crippen LogP contribution in [0.3, 0.4) is 0 Å². The number of benzene rings is 2. The minimum atomic E-state index is -0.393. The average Bonchev–Trinajstić information content (AvgIpc) is 3.02. The first kappa shape index (κ1) is 16.8. The largest absolute Gasteiger partial charge is 0.454 e. The molecule has 0 aromatic heterocycles. The molecular weight excluding hydrogens is 320 g/mol. The van der Waals surface area contributed by atoms with Gasteiger partial charge in [-0.25, -0.2) is 0 Å². The molecule has 2 amide bonds. The number of anilines is 2. The number of fused-ring (bicyclic) bond motifs is 1. The van der Waals surface area contributed by atoms with Gasteiger partial charge in [0.15, 0.2) is 11.5 Å². The van der Waals surface area contributed by atoms with Gasteiger partial charge in [-0.3, -0.25) is 9.59 Å². The number of ether oxygens (including phenoxy) is 2. The number of carbonyl (C=O) groups excluding carboxylic acids is 2. The molecule has 0 fully saturated rings. The maximum atomic E-state index is 12.0. The quantitative estimate of drug-likeness (QED) is 0.817. The van der Waals surface area contributed by atoms with Crippen molar-refractivity contribution >= 4 is 23.2 Å². The van der Waals surface area contributed by atoms with Crippen LogP contribution in [0.1, 0.15) is 31.7 Å². The Kier molecular flexibility index (Phi) is 4.88. The first-order valence-electron chi connectivity index (χ1n) is 8.10. The van der Waals surface area contributed by atoms with E-state index in [1.165, 1.54) is 5.56 Å². The second-order valence-corrected chi connectivity index (χ2v) is 6.12. The highest BCUT2D eigenvalue weighted by atomic mass is 16.7. The van der Waals surface area contributed by atoms with Gasteiger partial charge in [0, 0.05) is 17.4 Å². The van der Waals surface area contributed by atoms with Crippen LogP contribution in [0.4, 0.5) is 11.4 Å². The molecule has 1 heterocycles. The van der Waals surface area contributed by atoms with Crippen LogP contribution in [0.2, 0.25) is 0 Å². The molecule has 0 aliphatic carbocycles. The van der Waals surface area contributed by atoms with E-state index < -0.39 is 5.91 Å². The SMILES string of the molecule is CC(C)c1ccc(NC(=O)CC(=O)Nc2ccc3c(c2)OCO3)cc1. The molecule has 1 aliphatic heterocycles. The fraction of sp³-hybridized carbons (Fsp3) is 0.263. The van der Waals surface area contributed by atoms with Gasteiger partial charge >= 0.3 is 0 Å². The van der Waals surface area contributed by atoms with Gasteiger partial charge in [-0.2, -0.15) is 0 Å². The summed E-state index contributed by atoms with van der Waals surface area (Å²) >= 11 is 0. The zero-order valence-corrected chi connectivity index (χ0v) is 14.2. The molecular formula is C19H20N2O4. The molecule has 0 saturated carbocycles. The van der Waals surface area contributed by atoms with Crippen LogP contribution < -0.4 is 20.1 Å². The maximum absolute atomic E-state index is 12.0. The van der Waals surface area contributed by atoms with Gasteiger partial charge < -0.3 is 20.1 Å². The van der Waals surface area contributed by atoms with Crippen LogP contribution in [-0.4, -0.2) is 18.6 Å². The molecule has 0 bridgehead atoms. The zero-order chi connectivity index (χ0) is 17.8. The van der Waals surface area contributed by atoms with Gasteiger partial charge in [0.25, 0.3) is 0 Å². The van der Waals surface area contributed by atoms with Gasteiger partial charge in [0.2, 0.25) is 18.6 Å². The highest BCUT2D eigenvalue weighted by molar-refractivity contribution is 6.08. The number of nitrogens with one attached hydrogen (secondary N) is 2. The van der Waals surface area contributed by atoms with E-state index in [0.717, 1.165) is 0 Å². The van der Waals surface area contributed by atoms with E-state index in [9.17, 15) is 9.59 Å². The van der Waals surface area contributed by atoms with Crippen molar-refractivity contribution in [2.24, 2.45) is 0 Å². The molecule has 0 radical (unpaired) electrons. The van der Waals surface area contributed by atoms with Gasteiger partial charge in [0.05, 0.1) is 0 Å². The fourth-order valence-corrected chi connectivity index (χ4v) is 2.48. The minimum Gasteiger partial charge on any atom is -0.454 e. The molecule has 0 atom stereocenters. The van der Waals surface area contributed by atoms with Crippen molar-refractivity contribution in [1.29, 1.82) is 0 Å². The summed E-state index contributed by atoms with van der Waals surface area (Å²) in [6, 6.07) is 12.7. The van der Waals surface area contributed by atoms with E-state index in [-0.39, 0.29) is 19.1 Å². The summed E-state index contributed by atoms with van der Waals surface area (Å²) in [6.45, 7) is 4.38. The lowest BCUT2D eigenvalue weighted by Gasteiger charge is -2.09. The van der Waals surface area contributed by atoms with Crippen molar-refractivity contribution in [3.05, 3.63) is 48.0 Å². The Hall–Kier alpha value is -3.02. The molecule has 2 N–H and O–H groups in total. The van der Waals surface area contributed by atoms with E-state index in [1.807, 2.05) is 24.3 Å². The van der Waals surface area contributed by atoms with E-state index >= 15 is 0 Å². The first-order valence-corrected chi connectivity index (χ1v) is 8.10. The minimum absolute atomic E-state index is 0.171. The summed E-state index contributed by atoms with van der Waals surface area (Å²) in [5.74, 6) is 0.885. The molecule has 0 unspecified atom stereocenters. The highest BCUT2D eigenvalue weighted by Gasteiger charge is 2.15. The molecule has 6 nitrogen and oxygen atoms in total. The third-order valence-corrected chi connectivity index (χ3v) is 3.84. The zero-order valence-electron chi connectivity index (χ0n) is 14.2. The number of amides is 2. The first-order chi connectivity index (χ1) is 12.0. The number of carbonyl (C=O) groups is 2. The standard InChI is InChI=1S/C19H20N2O4/c1-12(2)13-3-5-14(6-4-13)20-18(22)10-19(23)21-15-7-8-16-17(9-15)25-11-24-16/h3-9,12H,10-11H2,1-2H3,(H,20,22)(H,21,23). The summed E-state index contributed by atoms with van der Waals surface area (Å²) < 4.78 is 10.5. The molecule has 2 aromatic carbocycles. The van der Waals surface area contributed by atoms with Crippen LogP contribution in [0.5, 0.6) is 11.5 Å². The Balaban J connectivity index is 1.53. The Bertz CT molecular complexity index is 785. The molecule has 130 valence electrons. The van der Waals surface area contributed by atoms with Crippen molar-refractivity contribution in [3.63, 3.8) is 0 Å². The van der Waals surface area contributed by atoms with Crippen LogP contribution in [0, 0.1) is 0 Å². The van der Waals surface area contributed by atoms with E-state index in [1.54, 1.807) is 18.2 Å². The summed E-state index contributed by atoms with van der Waals surface area (Å²) in [5.41, 5.74) is 2.42. The molecule has 3 rings (SSSR count). The molecule has 1 aliphatic rings. The predicted octanol–water partition coefficient (Wildman–Crippen LogP) is 3.51. The lowest BCUT2D eigenvalue weighted by molar-refractivity contribution is -0.123. The van der Waals surface area contributed by atoms with Crippen molar-refractivity contribution < 1.29 is 19.1 Å². The molecule has 2 aromatic rings. The normalized spacial score (nSPS) is 12.1. The van der Waals surface area contributed by atoms with Crippen molar-refractivity contribution in [2.75, 3.05) is 17.4 Å². The van der Waals surface area contributed by atoms with E-state index in [4.69, 9.17) is 9.47 Å². The number of hydrogen-bond donors (Lipinski definition) is 2. The summed E-state index contributed by atoms with van der Waals surface area (Å²) in [5, 5.41) is 5.40. The summed E-state index contributed by atoms with van der Waals surface area (Å²) in [7, 11) is 0. The maximum Gasteiger partial charge on any atom is 0.233 e. The second-order valence-electron chi connectivity index (χ2n) is 6.12. The van der Waals surface area contributed by atoms with E-state index in [0.29, 0.717) is 28.8 Å². The molecule has 0 saturated heterocycles. The Morgan fingerprint density at radius 2 is 1.52 bits per heavy atom. The molecule has 6 heteroatoms. The lowest BCUT2D eigenvalue weighted by atomic mass is 10.0. The topological polar surface area (TPSA) is 76.7 Å². The van der Waals surface area contributed by atoms with Crippen molar-refractivity contribution in [1.82, 2.24) is 0 Å². The third-order valence-electron chi connectivity index (χ3n) is 3.84. The molecule has 25 heavy (non-hydrogen) atoms. The smallest absolute Gasteiger partial charge is 0.233 e. The Morgan fingerprint density at radius 3 is 2.20 bits per heavy atom. The van der Waals surface area contributed by atoms with Gasteiger partial charge in [0.1, 0.15) is 6.42 Å². The molecule has 0 spiro atoms. The van der Waals surface area contributed by atoms with Gasteiger partial charge in [-0.1, -0.05) is 26.0 Å². The third kappa shape index (κ3) is 4.29. The summed E-state index contributed by atoms with van der Waals surface area (Å²) in [4.78, 5) is 24.0. The predicted molar refractivity (Wildman–Crippen MR) is 95.0 cm³/mol. The highest BCUT2D eigenvalue weighted by Crippen LogP contribution is 2.34. The summed E-state index contributed by atoms with van der Waals surface area (Å²) in [6.07, 6.45) is -0.264. The second kappa shape index (κ2) is 7.25. The fourth-order valence-electron chi connectivity index (χ4n) is 2.48. The number of rotatable bonds is 5. The van der Waals surface area contributed by atoms with Crippen molar-refractivity contribution in [3.8, 4) is 11.5 Å². The lowest BCUT2D eigenvalue weighted by Crippen LogP contribution is -2.21. The van der Waals surface area contributed by atoms with E-state index in [2.05, 4.69) is 24.5 Å². The van der Waals surface area contributed by atoms with Crippen LogP contribution in [0.25, 0.3) is 0 Å². The van der Waals surface area contributed by atoms with Gasteiger partial charge in [-0.15, -0.1) is 0 Å². The van der Waals surface area contributed by atoms with Crippen molar-refractivity contribution in [2.45, 2.75) is 26.2 Å². The van der Waals surface area contributed by atoms with Gasteiger partial charge in [-0.05, 0) is 35.7 Å².